The topological polar surface area (TPSA) is 16.4 Å². The smallest absolute Gasteiger partial charge is 0.179 e. The monoisotopic (exact) mass is 693 g/mol. The lowest BCUT2D eigenvalue weighted by atomic mass is 10.0. The molecule has 0 amide bonds. The Morgan fingerprint density at radius 1 is 0.340 bits per heavy atom. The standard InChI is InChI=1S/C50H35NOSi/c1-4-20-40(21-5-1)53(41-22-6-2-7-23-41,42-24-8-3-9-25-42)43-26-15-19-38(34-43)51(48-29-14-18-36-16-10-12-27-44(36)48)39-31-33-49-47(35-39)46-32-30-37-17-11-13-28-45(37)50(46)52-49/h1-35H. The van der Waals surface area contributed by atoms with Crippen LogP contribution in [-0.4, -0.2) is 8.07 Å². The molecule has 0 aliphatic rings. The Labute approximate surface area is 309 Å². The van der Waals surface area contributed by atoms with Crippen LogP contribution in [0.1, 0.15) is 0 Å². The van der Waals surface area contributed by atoms with E-state index in [1.54, 1.807) is 0 Å². The Balaban J connectivity index is 1.25. The van der Waals surface area contributed by atoms with Crippen molar-refractivity contribution in [1.82, 2.24) is 0 Å². The Hall–Kier alpha value is -6.68. The van der Waals surface area contributed by atoms with E-state index >= 15 is 0 Å². The number of rotatable bonds is 7. The van der Waals surface area contributed by atoms with Crippen molar-refractivity contribution in [3.05, 3.63) is 212 Å². The highest BCUT2D eigenvalue weighted by atomic mass is 28.3. The molecule has 0 radical (unpaired) electrons. The maximum Gasteiger partial charge on any atom is 0.179 e. The van der Waals surface area contributed by atoms with Crippen molar-refractivity contribution in [2.75, 3.05) is 4.90 Å². The van der Waals surface area contributed by atoms with Gasteiger partial charge in [-0.2, -0.15) is 0 Å². The maximum absolute atomic E-state index is 6.58. The molecule has 2 nitrogen and oxygen atoms in total. The number of furan rings is 1. The van der Waals surface area contributed by atoms with Gasteiger partial charge in [0.2, 0.25) is 0 Å². The molecule has 10 aromatic rings. The largest absolute Gasteiger partial charge is 0.455 e. The molecule has 0 aliphatic carbocycles. The summed E-state index contributed by atoms with van der Waals surface area (Å²) >= 11 is 0. The van der Waals surface area contributed by atoms with Crippen molar-refractivity contribution in [2.45, 2.75) is 0 Å². The van der Waals surface area contributed by atoms with Crippen LogP contribution < -0.4 is 25.6 Å². The highest BCUT2D eigenvalue weighted by Gasteiger charge is 2.41. The van der Waals surface area contributed by atoms with Gasteiger partial charge in [0.1, 0.15) is 11.2 Å². The summed E-state index contributed by atoms with van der Waals surface area (Å²) in [4.78, 5) is 2.44. The van der Waals surface area contributed by atoms with E-state index in [0.29, 0.717) is 0 Å². The van der Waals surface area contributed by atoms with Crippen LogP contribution >= 0.6 is 0 Å². The minimum absolute atomic E-state index is 0.885. The third-order valence-corrected chi connectivity index (χ3v) is 15.5. The lowest BCUT2D eigenvalue weighted by molar-refractivity contribution is 0.672. The predicted octanol–water partition coefficient (Wildman–Crippen LogP) is 10.7. The summed E-state index contributed by atoms with van der Waals surface area (Å²) in [7, 11) is -2.77. The molecule has 250 valence electrons. The zero-order valence-corrected chi connectivity index (χ0v) is 30.1. The number of hydrogen-bond donors (Lipinski definition) is 0. The van der Waals surface area contributed by atoms with Crippen LogP contribution in [0.15, 0.2) is 217 Å². The minimum atomic E-state index is -2.77. The summed E-state index contributed by atoms with van der Waals surface area (Å²) in [6.07, 6.45) is 0. The highest BCUT2D eigenvalue weighted by molar-refractivity contribution is 7.19. The van der Waals surface area contributed by atoms with Gasteiger partial charge in [-0.15, -0.1) is 0 Å². The zero-order chi connectivity index (χ0) is 35.2. The van der Waals surface area contributed by atoms with E-state index in [2.05, 4.69) is 217 Å². The Bertz CT molecular complexity index is 2800. The summed E-state index contributed by atoms with van der Waals surface area (Å²) in [5.74, 6) is 0. The fraction of sp³-hybridized carbons (Fsp3) is 0. The van der Waals surface area contributed by atoms with Gasteiger partial charge in [0.05, 0.1) is 5.69 Å². The van der Waals surface area contributed by atoms with Crippen LogP contribution in [0.2, 0.25) is 0 Å². The van der Waals surface area contributed by atoms with Gasteiger partial charge in [0.25, 0.3) is 0 Å². The van der Waals surface area contributed by atoms with Gasteiger partial charge in [-0.1, -0.05) is 170 Å². The molecule has 1 aromatic heterocycles. The second-order valence-electron chi connectivity index (χ2n) is 13.7. The van der Waals surface area contributed by atoms with Gasteiger partial charge >= 0.3 is 0 Å². The van der Waals surface area contributed by atoms with E-state index in [1.165, 1.54) is 36.9 Å². The van der Waals surface area contributed by atoms with Crippen molar-refractivity contribution < 1.29 is 4.42 Å². The number of hydrogen-bond acceptors (Lipinski definition) is 2. The van der Waals surface area contributed by atoms with Crippen molar-refractivity contribution in [3.63, 3.8) is 0 Å². The molecule has 0 saturated carbocycles. The number of benzene rings is 9. The molecule has 53 heavy (non-hydrogen) atoms. The van der Waals surface area contributed by atoms with Crippen molar-refractivity contribution >= 4 is 89.4 Å². The third-order valence-electron chi connectivity index (χ3n) is 10.8. The lowest BCUT2D eigenvalue weighted by Gasteiger charge is -2.35. The van der Waals surface area contributed by atoms with E-state index in [4.69, 9.17) is 4.42 Å². The second-order valence-corrected chi connectivity index (χ2v) is 17.5. The summed E-state index contributed by atoms with van der Waals surface area (Å²) in [6.45, 7) is 0. The summed E-state index contributed by atoms with van der Waals surface area (Å²) in [5, 5.41) is 12.3. The maximum atomic E-state index is 6.58. The van der Waals surface area contributed by atoms with E-state index < -0.39 is 8.07 Å². The summed E-state index contributed by atoms with van der Waals surface area (Å²) < 4.78 is 6.58. The predicted molar refractivity (Wildman–Crippen MR) is 227 cm³/mol. The molecule has 0 atom stereocenters. The van der Waals surface area contributed by atoms with Crippen LogP contribution in [0, 0.1) is 0 Å². The van der Waals surface area contributed by atoms with Gasteiger partial charge in [0, 0.05) is 32.9 Å². The van der Waals surface area contributed by atoms with E-state index in [0.717, 1.165) is 44.4 Å². The molecular weight excluding hydrogens is 659 g/mol. The molecule has 0 N–H and O–H groups in total. The van der Waals surface area contributed by atoms with Gasteiger partial charge in [-0.05, 0) is 74.0 Å². The first-order valence-electron chi connectivity index (χ1n) is 18.2. The molecule has 3 heteroatoms. The molecule has 10 rings (SSSR count). The van der Waals surface area contributed by atoms with Crippen molar-refractivity contribution in [3.8, 4) is 0 Å². The molecule has 0 spiro atoms. The van der Waals surface area contributed by atoms with Crippen LogP contribution in [0.4, 0.5) is 17.1 Å². The quantitative estimate of drug-likeness (QED) is 0.122. The van der Waals surface area contributed by atoms with Crippen LogP contribution in [-0.2, 0) is 0 Å². The van der Waals surface area contributed by atoms with E-state index in [9.17, 15) is 0 Å². The van der Waals surface area contributed by atoms with Gasteiger partial charge in [0.15, 0.2) is 8.07 Å². The number of nitrogens with zero attached hydrogens (tertiary/aromatic N) is 1. The zero-order valence-electron chi connectivity index (χ0n) is 29.1. The van der Waals surface area contributed by atoms with Crippen LogP contribution in [0.5, 0.6) is 0 Å². The van der Waals surface area contributed by atoms with Crippen molar-refractivity contribution in [2.24, 2.45) is 0 Å². The Kier molecular flexibility index (Phi) is 7.52. The first-order chi connectivity index (χ1) is 26.3. The highest BCUT2D eigenvalue weighted by Crippen LogP contribution is 2.42. The van der Waals surface area contributed by atoms with E-state index in [1.807, 2.05) is 0 Å². The first kappa shape index (κ1) is 31.1. The first-order valence-corrected chi connectivity index (χ1v) is 20.2. The summed E-state index contributed by atoms with van der Waals surface area (Å²) in [5.41, 5.74) is 5.13. The van der Waals surface area contributed by atoms with Gasteiger partial charge in [-0.3, -0.25) is 0 Å². The molecule has 1 heterocycles. The van der Waals surface area contributed by atoms with Crippen LogP contribution in [0.3, 0.4) is 0 Å². The van der Waals surface area contributed by atoms with E-state index in [-0.39, 0.29) is 0 Å². The Morgan fingerprint density at radius 2 is 0.868 bits per heavy atom. The average molecular weight is 694 g/mol. The third kappa shape index (κ3) is 5.08. The van der Waals surface area contributed by atoms with Crippen LogP contribution in [0.25, 0.3) is 43.5 Å². The number of fused-ring (bicyclic) bond motifs is 6. The van der Waals surface area contributed by atoms with Gasteiger partial charge < -0.3 is 9.32 Å². The number of anilines is 3. The Morgan fingerprint density at radius 3 is 1.55 bits per heavy atom. The molecule has 0 fully saturated rings. The SMILES string of the molecule is c1ccc([Si](c2ccccc2)(c2ccccc2)c2cccc(N(c3ccc4oc5c6ccccc6ccc5c4c3)c3cccc4ccccc34)c2)cc1. The average Bonchev–Trinajstić information content (AvgIpc) is 3.61. The lowest BCUT2D eigenvalue weighted by Crippen LogP contribution is -2.74. The molecule has 0 unspecified atom stereocenters. The molecule has 0 aliphatic heterocycles. The summed E-state index contributed by atoms with van der Waals surface area (Å²) in [6, 6.07) is 77.5. The molecule has 0 saturated heterocycles. The van der Waals surface area contributed by atoms with Gasteiger partial charge in [-0.25, -0.2) is 0 Å². The normalized spacial score (nSPS) is 11.8. The minimum Gasteiger partial charge on any atom is -0.455 e. The van der Waals surface area contributed by atoms with Crippen molar-refractivity contribution in [1.29, 1.82) is 0 Å². The molecular formula is C50H35NOSi. The molecule has 9 aromatic carbocycles. The fourth-order valence-electron chi connectivity index (χ4n) is 8.40. The second kappa shape index (κ2) is 12.8. The molecule has 0 bridgehead atoms. The fourth-order valence-corrected chi connectivity index (χ4v) is 13.2.